The molecule has 1 atom stereocenters. The minimum absolute atomic E-state index is 0.173. The van der Waals surface area contributed by atoms with Crippen LogP contribution in [0.1, 0.15) is 18.0 Å². The second kappa shape index (κ2) is 7.73. The number of non-ortho nitro benzene ring substituents is 1. The van der Waals surface area contributed by atoms with Gasteiger partial charge in [-0.1, -0.05) is 30.3 Å². The van der Waals surface area contributed by atoms with Gasteiger partial charge in [-0.05, 0) is 17.7 Å². The summed E-state index contributed by atoms with van der Waals surface area (Å²) in [5.41, 5.74) is 0.714. The molecule has 0 saturated heterocycles. The quantitative estimate of drug-likeness (QED) is 0.555. The Morgan fingerprint density at radius 3 is 2.46 bits per heavy atom. The largest absolute Gasteiger partial charge is 0.481 e. The molecule has 2 amide bonds. The molecule has 8 heteroatoms. The summed E-state index contributed by atoms with van der Waals surface area (Å²) in [6.07, 6.45) is -0.399. The standard InChI is InChI=1S/C16H15N3O5/c20-15(21)10-14(11-5-4-8-13(9-11)19(23)24)18-16(22)17-12-6-2-1-3-7-12/h1-9,14H,10H2,(H,20,21)(H2,17,18,22)/t14-/m0/s1. The number of carboxylic acid groups (broad SMARTS) is 1. The number of carboxylic acids is 1. The van der Waals surface area contributed by atoms with Crippen LogP contribution in [0.15, 0.2) is 54.6 Å². The molecule has 2 rings (SSSR count). The molecule has 3 N–H and O–H groups in total. The highest BCUT2D eigenvalue weighted by Crippen LogP contribution is 2.22. The summed E-state index contributed by atoms with van der Waals surface area (Å²) in [5, 5.41) is 25.0. The number of nitrogens with zero attached hydrogens (tertiary/aromatic N) is 1. The maximum Gasteiger partial charge on any atom is 0.319 e. The van der Waals surface area contributed by atoms with Gasteiger partial charge < -0.3 is 15.7 Å². The number of carbonyl (C=O) groups is 2. The average molecular weight is 329 g/mol. The van der Waals surface area contributed by atoms with Crippen molar-refractivity contribution in [1.29, 1.82) is 0 Å². The van der Waals surface area contributed by atoms with E-state index in [-0.39, 0.29) is 5.69 Å². The average Bonchev–Trinajstić information content (AvgIpc) is 2.55. The fourth-order valence-electron chi connectivity index (χ4n) is 2.13. The minimum atomic E-state index is -1.13. The first kappa shape index (κ1) is 16.9. The third-order valence-electron chi connectivity index (χ3n) is 3.20. The second-order valence-corrected chi connectivity index (χ2v) is 4.97. The number of nitrogens with one attached hydrogen (secondary N) is 2. The first-order valence-electron chi connectivity index (χ1n) is 7.04. The molecular weight excluding hydrogens is 314 g/mol. The SMILES string of the molecule is O=C(O)C[C@H](NC(=O)Nc1ccccc1)c1cccc([N+](=O)[O-])c1. The van der Waals surface area contributed by atoms with Crippen molar-refractivity contribution >= 4 is 23.4 Å². The molecule has 0 aromatic heterocycles. The molecule has 0 saturated carbocycles. The van der Waals surface area contributed by atoms with E-state index in [1.165, 1.54) is 24.3 Å². The van der Waals surface area contributed by atoms with Crippen molar-refractivity contribution in [1.82, 2.24) is 5.32 Å². The van der Waals surface area contributed by atoms with Crippen LogP contribution in [-0.2, 0) is 4.79 Å². The summed E-state index contributed by atoms with van der Waals surface area (Å²) in [6.45, 7) is 0. The summed E-state index contributed by atoms with van der Waals surface area (Å²) in [7, 11) is 0. The lowest BCUT2D eigenvalue weighted by molar-refractivity contribution is -0.384. The number of nitro benzene ring substituents is 1. The lowest BCUT2D eigenvalue weighted by atomic mass is 10.0. The van der Waals surface area contributed by atoms with Gasteiger partial charge in [0, 0.05) is 17.8 Å². The Bertz CT molecular complexity index is 748. The Balaban J connectivity index is 2.16. The molecule has 0 fully saturated rings. The molecule has 24 heavy (non-hydrogen) atoms. The summed E-state index contributed by atoms with van der Waals surface area (Å²) in [6, 6.07) is 12.7. The van der Waals surface area contributed by atoms with Gasteiger partial charge in [-0.15, -0.1) is 0 Å². The monoisotopic (exact) mass is 329 g/mol. The number of aliphatic carboxylic acids is 1. The van der Waals surface area contributed by atoms with Crippen molar-refractivity contribution in [2.75, 3.05) is 5.32 Å². The van der Waals surface area contributed by atoms with Crippen LogP contribution in [0.2, 0.25) is 0 Å². The zero-order chi connectivity index (χ0) is 17.5. The lowest BCUT2D eigenvalue weighted by Gasteiger charge is -2.18. The van der Waals surface area contributed by atoms with Crippen LogP contribution in [0.5, 0.6) is 0 Å². The normalized spacial score (nSPS) is 11.3. The molecule has 0 aliphatic rings. The van der Waals surface area contributed by atoms with Gasteiger partial charge >= 0.3 is 12.0 Å². The molecule has 0 aliphatic carbocycles. The number of urea groups is 1. The molecule has 0 spiro atoms. The zero-order valence-corrected chi connectivity index (χ0v) is 12.5. The summed E-state index contributed by atoms with van der Waals surface area (Å²) >= 11 is 0. The van der Waals surface area contributed by atoms with Crippen LogP contribution < -0.4 is 10.6 Å². The number of nitro groups is 1. The van der Waals surface area contributed by atoms with E-state index in [1.807, 2.05) is 0 Å². The van der Waals surface area contributed by atoms with Crippen molar-refractivity contribution < 1.29 is 19.6 Å². The molecule has 2 aromatic carbocycles. The summed E-state index contributed by atoms with van der Waals surface area (Å²) < 4.78 is 0. The third kappa shape index (κ3) is 4.80. The third-order valence-corrected chi connectivity index (χ3v) is 3.20. The Kier molecular flexibility index (Phi) is 5.45. The lowest BCUT2D eigenvalue weighted by Crippen LogP contribution is -2.33. The van der Waals surface area contributed by atoms with Gasteiger partial charge in [0.2, 0.25) is 0 Å². The van der Waals surface area contributed by atoms with E-state index in [1.54, 1.807) is 30.3 Å². The van der Waals surface area contributed by atoms with Crippen molar-refractivity contribution in [2.24, 2.45) is 0 Å². The van der Waals surface area contributed by atoms with Crippen molar-refractivity contribution in [2.45, 2.75) is 12.5 Å². The maximum absolute atomic E-state index is 12.0. The van der Waals surface area contributed by atoms with Gasteiger partial charge in [0.05, 0.1) is 17.4 Å². The second-order valence-electron chi connectivity index (χ2n) is 4.97. The van der Waals surface area contributed by atoms with Crippen LogP contribution in [0.4, 0.5) is 16.2 Å². The first-order chi connectivity index (χ1) is 11.5. The summed E-state index contributed by atoms with van der Waals surface area (Å²) in [5.74, 6) is -1.13. The fourth-order valence-corrected chi connectivity index (χ4v) is 2.13. The van der Waals surface area contributed by atoms with Crippen molar-refractivity contribution in [3.05, 3.63) is 70.3 Å². The smallest absolute Gasteiger partial charge is 0.319 e. The van der Waals surface area contributed by atoms with Crippen LogP contribution in [-0.4, -0.2) is 22.0 Å². The van der Waals surface area contributed by atoms with E-state index in [0.717, 1.165) is 0 Å². The number of hydrogen-bond acceptors (Lipinski definition) is 4. The van der Waals surface area contributed by atoms with Gasteiger partial charge in [0.15, 0.2) is 0 Å². The summed E-state index contributed by atoms with van der Waals surface area (Å²) in [4.78, 5) is 33.4. The van der Waals surface area contributed by atoms with Crippen LogP contribution >= 0.6 is 0 Å². The molecule has 8 nitrogen and oxygen atoms in total. The maximum atomic E-state index is 12.0. The Labute approximate surface area is 137 Å². The van der Waals surface area contributed by atoms with E-state index in [0.29, 0.717) is 11.3 Å². The highest BCUT2D eigenvalue weighted by atomic mass is 16.6. The highest BCUT2D eigenvalue weighted by molar-refractivity contribution is 5.89. The number of benzene rings is 2. The van der Waals surface area contributed by atoms with Crippen LogP contribution in [0, 0.1) is 10.1 Å². The van der Waals surface area contributed by atoms with Gasteiger partial charge in [-0.3, -0.25) is 14.9 Å². The number of amides is 2. The molecular formula is C16H15N3O5. The Hall–Kier alpha value is -3.42. The van der Waals surface area contributed by atoms with Gasteiger partial charge in [0.1, 0.15) is 0 Å². The topological polar surface area (TPSA) is 122 Å². The van der Waals surface area contributed by atoms with E-state index in [2.05, 4.69) is 10.6 Å². The molecule has 0 unspecified atom stereocenters. The van der Waals surface area contributed by atoms with Crippen molar-refractivity contribution in [3.63, 3.8) is 0 Å². The molecule has 2 aromatic rings. The zero-order valence-electron chi connectivity index (χ0n) is 12.5. The Morgan fingerprint density at radius 2 is 1.83 bits per heavy atom. The Morgan fingerprint density at radius 1 is 1.12 bits per heavy atom. The van der Waals surface area contributed by atoms with Gasteiger partial charge in [-0.2, -0.15) is 0 Å². The highest BCUT2D eigenvalue weighted by Gasteiger charge is 2.20. The fraction of sp³-hybridized carbons (Fsp3) is 0.125. The molecule has 0 radical (unpaired) electrons. The molecule has 0 aliphatic heterocycles. The van der Waals surface area contributed by atoms with Crippen LogP contribution in [0.25, 0.3) is 0 Å². The number of para-hydroxylation sites is 1. The van der Waals surface area contributed by atoms with Crippen molar-refractivity contribution in [3.8, 4) is 0 Å². The predicted molar refractivity (Wildman–Crippen MR) is 86.7 cm³/mol. The van der Waals surface area contributed by atoms with E-state index < -0.39 is 29.4 Å². The van der Waals surface area contributed by atoms with Gasteiger partial charge in [-0.25, -0.2) is 4.79 Å². The number of hydrogen-bond donors (Lipinski definition) is 3. The molecule has 124 valence electrons. The van der Waals surface area contributed by atoms with E-state index in [9.17, 15) is 19.7 Å². The number of carbonyl (C=O) groups excluding carboxylic acids is 1. The first-order valence-corrected chi connectivity index (χ1v) is 7.04. The van der Waals surface area contributed by atoms with E-state index in [4.69, 9.17) is 5.11 Å². The minimum Gasteiger partial charge on any atom is -0.481 e. The predicted octanol–water partition coefficient (Wildman–Crippen LogP) is 2.93. The molecule has 0 heterocycles. The number of anilines is 1. The van der Waals surface area contributed by atoms with E-state index >= 15 is 0 Å². The van der Waals surface area contributed by atoms with Gasteiger partial charge in [0.25, 0.3) is 5.69 Å². The number of rotatable bonds is 6. The molecule has 0 bridgehead atoms. The van der Waals surface area contributed by atoms with Crippen LogP contribution in [0.3, 0.4) is 0 Å².